The van der Waals surface area contributed by atoms with Crippen LogP contribution in [0.5, 0.6) is 0 Å². The van der Waals surface area contributed by atoms with Gasteiger partial charge >= 0.3 is 5.69 Å². The second-order valence-corrected chi connectivity index (χ2v) is 5.76. The Hall–Kier alpha value is -1.69. The standard InChI is InChI=1S/C14H20N4O2/c1-3-12-11-7-15-6-10(11)8-17(12)14-13(18(19)20)5-4-9(2)16-14/h4-5,10-12,15H,3,6-8H2,1-2H3. The molecule has 6 heteroatoms. The van der Waals surface area contributed by atoms with E-state index in [0.717, 1.165) is 31.7 Å². The summed E-state index contributed by atoms with van der Waals surface area (Å²) in [5.74, 6) is 1.72. The fourth-order valence-corrected chi connectivity index (χ4v) is 3.68. The Morgan fingerprint density at radius 1 is 1.50 bits per heavy atom. The summed E-state index contributed by atoms with van der Waals surface area (Å²) in [5.41, 5.74) is 0.956. The maximum atomic E-state index is 11.3. The van der Waals surface area contributed by atoms with Gasteiger partial charge in [0.25, 0.3) is 0 Å². The van der Waals surface area contributed by atoms with E-state index in [0.29, 0.717) is 23.7 Å². The van der Waals surface area contributed by atoms with Gasteiger partial charge in [0, 0.05) is 37.4 Å². The summed E-state index contributed by atoms with van der Waals surface area (Å²) < 4.78 is 0. The quantitative estimate of drug-likeness (QED) is 0.672. The highest BCUT2D eigenvalue weighted by molar-refractivity contribution is 5.59. The average molecular weight is 276 g/mol. The third kappa shape index (κ3) is 2.04. The maximum Gasteiger partial charge on any atom is 0.311 e. The summed E-state index contributed by atoms with van der Waals surface area (Å²) in [6.45, 7) is 6.93. The summed E-state index contributed by atoms with van der Waals surface area (Å²) >= 11 is 0. The molecule has 1 aromatic heterocycles. The van der Waals surface area contributed by atoms with E-state index in [1.165, 1.54) is 0 Å². The third-order valence-electron chi connectivity index (χ3n) is 4.60. The fraction of sp³-hybridized carbons (Fsp3) is 0.643. The van der Waals surface area contributed by atoms with Crippen LogP contribution in [0, 0.1) is 28.9 Å². The van der Waals surface area contributed by atoms with Gasteiger partial charge in [0.15, 0.2) is 0 Å². The largest absolute Gasteiger partial charge is 0.347 e. The van der Waals surface area contributed by atoms with Gasteiger partial charge in [0.2, 0.25) is 5.82 Å². The Kier molecular flexibility index (Phi) is 3.33. The number of nitrogens with zero attached hydrogens (tertiary/aromatic N) is 3. The molecule has 0 saturated carbocycles. The van der Waals surface area contributed by atoms with E-state index in [-0.39, 0.29) is 10.6 Å². The molecule has 6 nitrogen and oxygen atoms in total. The van der Waals surface area contributed by atoms with Crippen molar-refractivity contribution in [3.63, 3.8) is 0 Å². The Morgan fingerprint density at radius 2 is 2.30 bits per heavy atom. The molecule has 3 atom stereocenters. The van der Waals surface area contributed by atoms with E-state index < -0.39 is 0 Å². The van der Waals surface area contributed by atoms with Gasteiger partial charge in [0.1, 0.15) is 0 Å². The molecule has 0 aromatic carbocycles. The van der Waals surface area contributed by atoms with Crippen LogP contribution in [0.15, 0.2) is 12.1 Å². The van der Waals surface area contributed by atoms with Crippen LogP contribution in [0.2, 0.25) is 0 Å². The van der Waals surface area contributed by atoms with Crippen molar-refractivity contribution in [1.82, 2.24) is 10.3 Å². The molecule has 2 saturated heterocycles. The Bertz CT molecular complexity index is 534. The van der Waals surface area contributed by atoms with Crippen molar-refractivity contribution in [3.05, 3.63) is 27.9 Å². The van der Waals surface area contributed by atoms with Gasteiger partial charge in [-0.05, 0) is 31.2 Å². The maximum absolute atomic E-state index is 11.3. The number of nitrogens with one attached hydrogen (secondary N) is 1. The highest BCUT2D eigenvalue weighted by atomic mass is 16.6. The third-order valence-corrected chi connectivity index (χ3v) is 4.60. The van der Waals surface area contributed by atoms with Crippen molar-refractivity contribution in [1.29, 1.82) is 0 Å². The first kappa shape index (κ1) is 13.3. The molecule has 3 rings (SSSR count). The molecule has 1 N–H and O–H groups in total. The van der Waals surface area contributed by atoms with Gasteiger partial charge in [0.05, 0.1) is 4.92 Å². The SMILES string of the molecule is CCC1C2CNCC2CN1c1nc(C)ccc1[N+](=O)[O-]. The molecule has 0 aliphatic carbocycles. The van der Waals surface area contributed by atoms with Gasteiger partial charge in [-0.15, -0.1) is 0 Å². The van der Waals surface area contributed by atoms with Crippen LogP contribution in [0.1, 0.15) is 19.0 Å². The van der Waals surface area contributed by atoms with E-state index in [9.17, 15) is 10.1 Å². The summed E-state index contributed by atoms with van der Waals surface area (Å²) in [7, 11) is 0. The zero-order valence-corrected chi connectivity index (χ0v) is 11.9. The van der Waals surface area contributed by atoms with Gasteiger partial charge < -0.3 is 10.2 Å². The Balaban J connectivity index is 2.00. The van der Waals surface area contributed by atoms with Gasteiger partial charge in [-0.3, -0.25) is 10.1 Å². The van der Waals surface area contributed by atoms with Crippen LogP contribution in [0.3, 0.4) is 0 Å². The van der Waals surface area contributed by atoms with Crippen molar-refractivity contribution in [3.8, 4) is 0 Å². The monoisotopic (exact) mass is 276 g/mol. The zero-order chi connectivity index (χ0) is 14.3. The number of hydrogen-bond acceptors (Lipinski definition) is 5. The first-order chi connectivity index (χ1) is 9.61. The minimum absolute atomic E-state index is 0.127. The number of aryl methyl sites for hydroxylation is 1. The molecule has 0 bridgehead atoms. The molecule has 0 radical (unpaired) electrons. The molecule has 2 aliphatic rings. The van der Waals surface area contributed by atoms with E-state index in [4.69, 9.17) is 0 Å². The second kappa shape index (κ2) is 5.01. The van der Waals surface area contributed by atoms with Gasteiger partial charge in [-0.25, -0.2) is 4.98 Å². The smallest absolute Gasteiger partial charge is 0.311 e. The van der Waals surface area contributed by atoms with E-state index in [2.05, 4.69) is 22.1 Å². The number of anilines is 1. The molecule has 3 heterocycles. The lowest BCUT2D eigenvalue weighted by atomic mass is 9.93. The van der Waals surface area contributed by atoms with E-state index >= 15 is 0 Å². The summed E-state index contributed by atoms with van der Waals surface area (Å²) in [5, 5.41) is 14.7. The first-order valence-corrected chi connectivity index (χ1v) is 7.21. The van der Waals surface area contributed by atoms with Crippen LogP contribution in [-0.4, -0.2) is 35.6 Å². The number of pyridine rings is 1. The van der Waals surface area contributed by atoms with Crippen LogP contribution in [0.4, 0.5) is 11.5 Å². The molecular formula is C14H20N4O2. The lowest BCUT2D eigenvalue weighted by Crippen LogP contribution is -2.36. The number of hydrogen-bond donors (Lipinski definition) is 1. The highest BCUT2D eigenvalue weighted by Crippen LogP contribution is 2.39. The second-order valence-electron chi connectivity index (χ2n) is 5.76. The summed E-state index contributed by atoms with van der Waals surface area (Å²) in [6.07, 6.45) is 0.996. The lowest BCUT2D eigenvalue weighted by Gasteiger charge is -2.27. The molecule has 3 unspecified atom stereocenters. The number of nitro groups is 1. The van der Waals surface area contributed by atoms with Crippen LogP contribution < -0.4 is 10.2 Å². The number of rotatable bonds is 3. The molecule has 0 spiro atoms. The minimum Gasteiger partial charge on any atom is -0.347 e. The topological polar surface area (TPSA) is 71.3 Å². The predicted octanol–water partition coefficient (Wildman–Crippen LogP) is 1.73. The number of aromatic nitrogens is 1. The van der Waals surface area contributed by atoms with Crippen LogP contribution in [0.25, 0.3) is 0 Å². The molecular weight excluding hydrogens is 256 g/mol. The summed E-state index contributed by atoms with van der Waals surface area (Å²) in [4.78, 5) is 17.6. The summed E-state index contributed by atoms with van der Waals surface area (Å²) in [6, 6.07) is 3.64. The van der Waals surface area contributed by atoms with Gasteiger partial charge in [-0.2, -0.15) is 0 Å². The Labute approximate surface area is 118 Å². The average Bonchev–Trinajstić information content (AvgIpc) is 2.97. The molecule has 1 aromatic rings. The first-order valence-electron chi connectivity index (χ1n) is 7.21. The normalized spacial score (nSPS) is 28.7. The minimum atomic E-state index is -0.319. The lowest BCUT2D eigenvalue weighted by molar-refractivity contribution is -0.384. The molecule has 0 amide bonds. The van der Waals surface area contributed by atoms with Crippen molar-refractivity contribution in [2.75, 3.05) is 24.5 Å². The van der Waals surface area contributed by atoms with Crippen molar-refractivity contribution in [2.45, 2.75) is 26.3 Å². The van der Waals surface area contributed by atoms with Crippen LogP contribution >= 0.6 is 0 Å². The molecule has 2 fully saturated rings. The molecule has 108 valence electrons. The van der Waals surface area contributed by atoms with Crippen molar-refractivity contribution >= 4 is 11.5 Å². The molecule has 20 heavy (non-hydrogen) atoms. The van der Waals surface area contributed by atoms with Crippen molar-refractivity contribution < 1.29 is 4.92 Å². The number of fused-ring (bicyclic) bond motifs is 1. The van der Waals surface area contributed by atoms with Gasteiger partial charge in [-0.1, -0.05) is 6.92 Å². The van der Waals surface area contributed by atoms with E-state index in [1.54, 1.807) is 12.1 Å². The zero-order valence-electron chi connectivity index (χ0n) is 11.9. The van der Waals surface area contributed by atoms with Crippen molar-refractivity contribution in [2.24, 2.45) is 11.8 Å². The predicted molar refractivity (Wildman–Crippen MR) is 76.9 cm³/mol. The molecule has 2 aliphatic heterocycles. The highest BCUT2D eigenvalue weighted by Gasteiger charge is 2.45. The Morgan fingerprint density at radius 3 is 3.00 bits per heavy atom. The van der Waals surface area contributed by atoms with Crippen LogP contribution in [-0.2, 0) is 0 Å². The van der Waals surface area contributed by atoms with E-state index in [1.807, 2.05) is 6.92 Å². The fourth-order valence-electron chi connectivity index (χ4n) is 3.68.